The third kappa shape index (κ3) is 3.51. The fraction of sp³-hybridized carbons (Fsp3) is 0.538. The SMILES string of the molecule is Cc1c(CN)cccc1S(=O)(=O)NC1CCSCC1. The maximum absolute atomic E-state index is 12.4. The zero-order valence-corrected chi connectivity index (χ0v) is 12.7. The topological polar surface area (TPSA) is 72.2 Å². The molecule has 2 rings (SSSR count). The number of thioether (sulfide) groups is 1. The molecular weight excluding hydrogens is 280 g/mol. The Hall–Kier alpha value is -0.560. The van der Waals surface area contributed by atoms with Gasteiger partial charge < -0.3 is 5.73 Å². The average molecular weight is 300 g/mol. The van der Waals surface area contributed by atoms with E-state index in [2.05, 4.69) is 4.72 Å². The van der Waals surface area contributed by atoms with Gasteiger partial charge in [0.1, 0.15) is 0 Å². The van der Waals surface area contributed by atoms with Crippen LogP contribution >= 0.6 is 11.8 Å². The molecule has 0 aromatic heterocycles. The molecule has 1 heterocycles. The fourth-order valence-corrected chi connectivity index (χ4v) is 4.97. The van der Waals surface area contributed by atoms with Crippen molar-refractivity contribution < 1.29 is 8.42 Å². The van der Waals surface area contributed by atoms with Gasteiger partial charge in [-0.25, -0.2) is 13.1 Å². The van der Waals surface area contributed by atoms with Crippen molar-refractivity contribution in [1.82, 2.24) is 4.72 Å². The maximum atomic E-state index is 12.4. The second-order valence-corrected chi connectivity index (χ2v) is 7.66. The lowest BCUT2D eigenvalue weighted by Crippen LogP contribution is -2.37. The Morgan fingerprint density at radius 1 is 1.37 bits per heavy atom. The normalized spacial score (nSPS) is 17.6. The molecule has 1 saturated heterocycles. The summed E-state index contributed by atoms with van der Waals surface area (Å²) in [5.74, 6) is 2.05. The number of benzene rings is 1. The first-order valence-corrected chi connectivity index (χ1v) is 9.07. The van der Waals surface area contributed by atoms with Crippen molar-refractivity contribution >= 4 is 21.8 Å². The Bertz CT molecular complexity index is 538. The summed E-state index contributed by atoms with van der Waals surface area (Å²) in [6, 6.07) is 5.33. The molecule has 1 aromatic carbocycles. The molecule has 0 unspecified atom stereocenters. The minimum atomic E-state index is -3.44. The minimum absolute atomic E-state index is 0.0622. The van der Waals surface area contributed by atoms with E-state index in [0.717, 1.165) is 35.5 Å². The molecule has 1 fully saturated rings. The van der Waals surface area contributed by atoms with Crippen LogP contribution in [0, 0.1) is 6.92 Å². The molecule has 0 bridgehead atoms. The lowest BCUT2D eigenvalue weighted by atomic mass is 10.1. The molecule has 1 aliphatic rings. The van der Waals surface area contributed by atoms with E-state index >= 15 is 0 Å². The first-order valence-electron chi connectivity index (χ1n) is 6.43. The molecular formula is C13H20N2O2S2. The van der Waals surface area contributed by atoms with Gasteiger partial charge in [0.15, 0.2) is 0 Å². The summed E-state index contributed by atoms with van der Waals surface area (Å²) in [5, 5.41) is 0. The van der Waals surface area contributed by atoms with Crippen molar-refractivity contribution in [2.24, 2.45) is 5.73 Å². The van der Waals surface area contributed by atoms with Crippen LogP contribution in [0.1, 0.15) is 24.0 Å². The van der Waals surface area contributed by atoms with Crippen LogP contribution in [-0.2, 0) is 16.6 Å². The second-order valence-electron chi connectivity index (χ2n) is 4.75. The number of nitrogens with two attached hydrogens (primary N) is 1. The van der Waals surface area contributed by atoms with Crippen molar-refractivity contribution in [3.05, 3.63) is 29.3 Å². The number of rotatable bonds is 4. The summed E-state index contributed by atoms with van der Waals surface area (Å²) in [5.41, 5.74) is 7.26. The summed E-state index contributed by atoms with van der Waals surface area (Å²) in [6.45, 7) is 2.17. The molecule has 19 heavy (non-hydrogen) atoms. The molecule has 0 radical (unpaired) electrons. The molecule has 0 saturated carbocycles. The van der Waals surface area contributed by atoms with Gasteiger partial charge in [0.05, 0.1) is 4.90 Å². The molecule has 0 amide bonds. The largest absolute Gasteiger partial charge is 0.326 e. The van der Waals surface area contributed by atoms with Gasteiger partial charge in [-0.3, -0.25) is 0 Å². The van der Waals surface area contributed by atoms with Gasteiger partial charge in [-0.05, 0) is 48.5 Å². The molecule has 0 spiro atoms. The maximum Gasteiger partial charge on any atom is 0.241 e. The van der Waals surface area contributed by atoms with E-state index in [1.807, 2.05) is 24.8 Å². The van der Waals surface area contributed by atoms with E-state index in [0.29, 0.717) is 11.4 Å². The molecule has 106 valence electrons. The second kappa shape index (κ2) is 6.26. The van der Waals surface area contributed by atoms with Crippen molar-refractivity contribution in [2.45, 2.75) is 37.2 Å². The van der Waals surface area contributed by atoms with Crippen molar-refractivity contribution in [1.29, 1.82) is 0 Å². The highest BCUT2D eigenvalue weighted by molar-refractivity contribution is 7.99. The van der Waals surface area contributed by atoms with Gasteiger partial charge in [-0.1, -0.05) is 12.1 Å². The first kappa shape index (κ1) is 14.8. The van der Waals surface area contributed by atoms with Crippen LogP contribution in [-0.4, -0.2) is 26.0 Å². The highest BCUT2D eigenvalue weighted by Crippen LogP contribution is 2.22. The van der Waals surface area contributed by atoms with E-state index in [1.165, 1.54) is 0 Å². The Morgan fingerprint density at radius 3 is 2.68 bits per heavy atom. The molecule has 4 nitrogen and oxygen atoms in total. The first-order chi connectivity index (χ1) is 9.04. The molecule has 1 aromatic rings. The zero-order valence-electron chi connectivity index (χ0n) is 11.1. The summed E-state index contributed by atoms with van der Waals surface area (Å²) in [7, 11) is -3.44. The third-order valence-electron chi connectivity index (χ3n) is 3.45. The van der Waals surface area contributed by atoms with Gasteiger partial charge in [0.25, 0.3) is 0 Å². The zero-order chi connectivity index (χ0) is 13.9. The lowest BCUT2D eigenvalue weighted by Gasteiger charge is -2.23. The predicted molar refractivity (Wildman–Crippen MR) is 79.7 cm³/mol. The highest BCUT2D eigenvalue weighted by Gasteiger charge is 2.23. The van der Waals surface area contributed by atoms with E-state index < -0.39 is 10.0 Å². The third-order valence-corrected chi connectivity index (χ3v) is 6.16. The Balaban J connectivity index is 2.23. The quantitative estimate of drug-likeness (QED) is 0.886. The van der Waals surface area contributed by atoms with E-state index in [9.17, 15) is 8.42 Å². The van der Waals surface area contributed by atoms with Crippen LogP contribution in [0.3, 0.4) is 0 Å². The van der Waals surface area contributed by atoms with Crippen LogP contribution in [0.2, 0.25) is 0 Å². The minimum Gasteiger partial charge on any atom is -0.326 e. The van der Waals surface area contributed by atoms with Crippen LogP contribution in [0.25, 0.3) is 0 Å². The van der Waals surface area contributed by atoms with Gasteiger partial charge in [0.2, 0.25) is 10.0 Å². The summed E-state index contributed by atoms with van der Waals surface area (Å²) in [6.07, 6.45) is 1.80. The van der Waals surface area contributed by atoms with Crippen LogP contribution in [0.4, 0.5) is 0 Å². The Morgan fingerprint density at radius 2 is 2.05 bits per heavy atom. The molecule has 0 aliphatic carbocycles. The number of nitrogens with one attached hydrogen (secondary N) is 1. The molecule has 1 aliphatic heterocycles. The molecule has 0 atom stereocenters. The lowest BCUT2D eigenvalue weighted by molar-refractivity contribution is 0.528. The van der Waals surface area contributed by atoms with Crippen molar-refractivity contribution in [3.63, 3.8) is 0 Å². The smallest absolute Gasteiger partial charge is 0.241 e. The predicted octanol–water partition coefficient (Wildman–Crippen LogP) is 1.63. The van der Waals surface area contributed by atoms with E-state index in [-0.39, 0.29) is 6.04 Å². The molecule has 6 heteroatoms. The van der Waals surface area contributed by atoms with Crippen LogP contribution < -0.4 is 10.5 Å². The Kier molecular flexibility index (Phi) is 4.89. The van der Waals surface area contributed by atoms with E-state index in [4.69, 9.17) is 5.73 Å². The van der Waals surface area contributed by atoms with Crippen molar-refractivity contribution in [3.8, 4) is 0 Å². The van der Waals surface area contributed by atoms with Gasteiger partial charge in [-0.15, -0.1) is 0 Å². The number of hydrogen-bond acceptors (Lipinski definition) is 4. The van der Waals surface area contributed by atoms with Gasteiger partial charge in [-0.2, -0.15) is 11.8 Å². The monoisotopic (exact) mass is 300 g/mol. The van der Waals surface area contributed by atoms with E-state index in [1.54, 1.807) is 12.1 Å². The highest BCUT2D eigenvalue weighted by atomic mass is 32.2. The average Bonchev–Trinajstić information content (AvgIpc) is 2.39. The standard InChI is InChI=1S/C13H20N2O2S2/c1-10-11(9-14)3-2-4-13(10)19(16,17)15-12-5-7-18-8-6-12/h2-4,12,15H,5-9,14H2,1H3. The fourth-order valence-electron chi connectivity index (χ4n) is 2.27. The Labute approximate surface area is 119 Å². The number of hydrogen-bond donors (Lipinski definition) is 2. The summed E-state index contributed by atoms with van der Waals surface area (Å²) in [4.78, 5) is 0.355. The molecule has 3 N–H and O–H groups in total. The van der Waals surface area contributed by atoms with Gasteiger partial charge in [0, 0.05) is 12.6 Å². The number of sulfonamides is 1. The van der Waals surface area contributed by atoms with Crippen LogP contribution in [0.15, 0.2) is 23.1 Å². The summed E-state index contributed by atoms with van der Waals surface area (Å²) >= 11 is 1.88. The van der Waals surface area contributed by atoms with Crippen LogP contribution in [0.5, 0.6) is 0 Å². The summed E-state index contributed by atoms with van der Waals surface area (Å²) < 4.78 is 27.7. The van der Waals surface area contributed by atoms with Crippen molar-refractivity contribution in [2.75, 3.05) is 11.5 Å². The van der Waals surface area contributed by atoms with Gasteiger partial charge >= 0.3 is 0 Å².